The number of carbonyl (C=O) groups is 1. The molecule has 9 heteroatoms. The molecule has 3 aliphatic rings. The Morgan fingerprint density at radius 3 is 2.63 bits per heavy atom. The first-order valence-corrected chi connectivity index (χ1v) is 14.7. The Morgan fingerprint density at radius 1 is 1.15 bits per heavy atom. The number of piperazine rings is 1. The molecule has 1 aromatic heterocycles. The number of nitriles is 1. The highest BCUT2D eigenvalue weighted by Crippen LogP contribution is 2.40. The Kier molecular flexibility index (Phi) is 7.74. The monoisotopic (exact) mass is 570 g/mol. The zero-order chi connectivity index (χ0) is 28.5. The molecule has 2 fully saturated rings. The zero-order valence-corrected chi connectivity index (χ0v) is 24.2. The van der Waals surface area contributed by atoms with Gasteiger partial charge in [-0.1, -0.05) is 42.4 Å². The van der Waals surface area contributed by atoms with Gasteiger partial charge in [0.05, 0.1) is 22.9 Å². The summed E-state index contributed by atoms with van der Waals surface area (Å²) in [6.07, 6.45) is 4.33. The molecule has 0 bridgehead atoms. The van der Waals surface area contributed by atoms with Crippen LogP contribution in [0.4, 0.5) is 11.4 Å². The van der Waals surface area contributed by atoms with Crippen LogP contribution in [0, 0.1) is 11.3 Å². The lowest BCUT2D eigenvalue weighted by atomic mass is 9.97. The van der Waals surface area contributed by atoms with Gasteiger partial charge in [-0.2, -0.15) is 5.26 Å². The van der Waals surface area contributed by atoms with Gasteiger partial charge >= 0.3 is 0 Å². The molecule has 2 aromatic carbocycles. The van der Waals surface area contributed by atoms with Gasteiger partial charge in [0.2, 0.25) is 11.8 Å². The van der Waals surface area contributed by atoms with Crippen molar-refractivity contribution in [2.45, 2.75) is 31.8 Å². The highest BCUT2D eigenvalue weighted by molar-refractivity contribution is 6.36. The highest BCUT2D eigenvalue weighted by atomic mass is 35.5. The minimum atomic E-state index is -0.0593. The molecule has 0 unspecified atom stereocenters. The number of amides is 1. The molecule has 0 spiro atoms. The summed E-state index contributed by atoms with van der Waals surface area (Å²) in [6.45, 7) is 8.99. The number of likely N-dealkylation sites (tertiary alicyclic amines) is 1. The van der Waals surface area contributed by atoms with E-state index in [4.69, 9.17) is 21.3 Å². The summed E-state index contributed by atoms with van der Waals surface area (Å²) in [5.74, 6) is 0.347. The van der Waals surface area contributed by atoms with Crippen molar-refractivity contribution in [2.24, 2.45) is 0 Å². The van der Waals surface area contributed by atoms with E-state index < -0.39 is 0 Å². The first-order chi connectivity index (χ1) is 20.0. The molecule has 6 rings (SSSR count). The maximum Gasteiger partial charge on any atom is 0.246 e. The molecule has 0 aliphatic carbocycles. The maximum atomic E-state index is 12.2. The molecule has 3 aliphatic heterocycles. The van der Waals surface area contributed by atoms with Crippen LogP contribution in [-0.2, 0) is 17.8 Å². The second-order valence-corrected chi connectivity index (χ2v) is 11.5. The molecule has 0 saturated carbocycles. The zero-order valence-electron chi connectivity index (χ0n) is 23.5. The predicted molar refractivity (Wildman–Crippen MR) is 163 cm³/mol. The van der Waals surface area contributed by atoms with Crippen molar-refractivity contribution in [2.75, 3.05) is 62.7 Å². The van der Waals surface area contributed by atoms with Crippen LogP contribution >= 0.6 is 11.6 Å². The summed E-state index contributed by atoms with van der Waals surface area (Å²) in [5.41, 5.74) is 4.51. The van der Waals surface area contributed by atoms with Crippen molar-refractivity contribution in [3.63, 3.8) is 0 Å². The third-order valence-electron chi connectivity index (χ3n) is 8.74. The van der Waals surface area contributed by atoms with Gasteiger partial charge in [-0.3, -0.25) is 4.79 Å². The maximum absolute atomic E-state index is 12.2. The number of fused-ring (bicyclic) bond motifs is 2. The first kappa shape index (κ1) is 27.4. The van der Waals surface area contributed by atoms with Gasteiger partial charge in [-0.15, -0.1) is 0 Å². The molecule has 41 heavy (non-hydrogen) atoms. The minimum Gasteiger partial charge on any atom is -0.475 e. The van der Waals surface area contributed by atoms with Crippen molar-refractivity contribution < 1.29 is 9.53 Å². The Labute approximate surface area is 246 Å². The van der Waals surface area contributed by atoms with E-state index in [0.29, 0.717) is 56.8 Å². The van der Waals surface area contributed by atoms with E-state index in [0.717, 1.165) is 70.8 Å². The quantitative estimate of drug-likeness (QED) is 0.400. The summed E-state index contributed by atoms with van der Waals surface area (Å²) < 4.78 is 6.37. The van der Waals surface area contributed by atoms with E-state index in [1.54, 1.807) is 0 Å². The normalized spacial score (nSPS) is 19.2. The molecule has 0 radical (unpaired) electrons. The molecule has 1 atom stereocenters. The number of rotatable bonds is 6. The second kappa shape index (κ2) is 11.6. The minimum absolute atomic E-state index is 0.0593. The van der Waals surface area contributed by atoms with Gasteiger partial charge in [-0.05, 0) is 56.4 Å². The van der Waals surface area contributed by atoms with E-state index in [2.05, 4.69) is 58.7 Å². The summed E-state index contributed by atoms with van der Waals surface area (Å²) in [7, 11) is 2.12. The molecule has 2 saturated heterocycles. The lowest BCUT2D eigenvalue weighted by molar-refractivity contribution is -0.126. The van der Waals surface area contributed by atoms with Crippen molar-refractivity contribution in [1.29, 1.82) is 5.26 Å². The number of hydrogen-bond donors (Lipinski definition) is 0. The van der Waals surface area contributed by atoms with Crippen LogP contribution in [0.25, 0.3) is 10.8 Å². The largest absolute Gasteiger partial charge is 0.475 e. The van der Waals surface area contributed by atoms with Gasteiger partial charge in [-0.25, -0.2) is 4.98 Å². The van der Waals surface area contributed by atoms with Crippen molar-refractivity contribution in [3.8, 4) is 11.9 Å². The molecule has 212 valence electrons. The Hall–Kier alpha value is -3.80. The number of carbonyl (C=O) groups excluding carboxylic acids is 1. The fourth-order valence-electron chi connectivity index (χ4n) is 6.48. The van der Waals surface area contributed by atoms with Crippen LogP contribution in [0.5, 0.6) is 5.88 Å². The number of likely N-dealkylation sites (N-methyl/N-ethyl adjacent to an activating group) is 1. The average Bonchev–Trinajstić information content (AvgIpc) is 3.42. The predicted octanol–water partition coefficient (Wildman–Crippen LogP) is 4.63. The summed E-state index contributed by atoms with van der Waals surface area (Å²) in [5, 5.41) is 13.3. The Morgan fingerprint density at radius 2 is 1.93 bits per heavy atom. The number of benzene rings is 2. The van der Waals surface area contributed by atoms with Crippen LogP contribution in [0.15, 0.2) is 49.1 Å². The van der Waals surface area contributed by atoms with Gasteiger partial charge in [0.15, 0.2) is 0 Å². The molecular formula is C32H35ClN6O2. The summed E-state index contributed by atoms with van der Waals surface area (Å²) >= 11 is 6.69. The highest BCUT2D eigenvalue weighted by Gasteiger charge is 2.32. The standard InChI is InChI=1S/C32H35ClN6O2/c1-3-29(40)37-15-17-38(18-16-37)31-24-12-14-39(28-11-5-8-22-7-4-10-26(33)30(22)28)20-27(24)35-32(25(31)19-34)41-21-23-9-6-13-36(23)2/h3-5,7-8,10-11,23H,1,6,9,12-18,20-21H2,2H3/t23-/m0/s1. The van der Waals surface area contributed by atoms with E-state index in [-0.39, 0.29) is 5.91 Å². The van der Waals surface area contributed by atoms with E-state index >= 15 is 0 Å². The molecular weight excluding hydrogens is 536 g/mol. The molecule has 1 amide bonds. The fraction of sp³-hybridized carbons (Fsp3) is 0.406. The number of pyridine rings is 1. The number of aromatic nitrogens is 1. The Bertz CT molecular complexity index is 1520. The van der Waals surface area contributed by atoms with Crippen molar-refractivity contribution >= 4 is 39.7 Å². The van der Waals surface area contributed by atoms with Crippen molar-refractivity contribution in [3.05, 3.63) is 70.9 Å². The summed E-state index contributed by atoms with van der Waals surface area (Å²) in [4.78, 5) is 25.9. The van der Waals surface area contributed by atoms with Gasteiger partial charge < -0.3 is 24.3 Å². The number of anilines is 2. The lowest BCUT2D eigenvalue weighted by Crippen LogP contribution is -2.49. The molecule has 0 N–H and O–H groups in total. The summed E-state index contributed by atoms with van der Waals surface area (Å²) in [6, 6.07) is 15.0. The Balaban J connectivity index is 1.38. The number of nitrogens with zero attached hydrogens (tertiary/aromatic N) is 6. The van der Waals surface area contributed by atoms with Crippen LogP contribution in [0.2, 0.25) is 5.02 Å². The number of halogens is 1. The number of ether oxygens (including phenoxy) is 1. The van der Waals surface area contributed by atoms with Gasteiger partial charge in [0.25, 0.3) is 0 Å². The first-order valence-electron chi connectivity index (χ1n) is 14.4. The van der Waals surface area contributed by atoms with Gasteiger partial charge in [0, 0.05) is 55.4 Å². The fourth-order valence-corrected chi connectivity index (χ4v) is 6.76. The molecule has 3 aromatic rings. The number of hydrogen-bond acceptors (Lipinski definition) is 7. The van der Waals surface area contributed by atoms with E-state index in [1.807, 2.05) is 17.0 Å². The lowest BCUT2D eigenvalue weighted by Gasteiger charge is -2.39. The smallest absolute Gasteiger partial charge is 0.246 e. The van der Waals surface area contributed by atoms with E-state index in [1.165, 1.54) is 6.08 Å². The average molecular weight is 571 g/mol. The van der Waals surface area contributed by atoms with Crippen LogP contribution in [0.1, 0.15) is 29.7 Å². The topological polar surface area (TPSA) is 75.9 Å². The second-order valence-electron chi connectivity index (χ2n) is 11.1. The van der Waals surface area contributed by atoms with Gasteiger partial charge in [0.1, 0.15) is 18.2 Å². The van der Waals surface area contributed by atoms with Crippen LogP contribution in [0.3, 0.4) is 0 Å². The third kappa shape index (κ3) is 5.20. The third-order valence-corrected chi connectivity index (χ3v) is 9.06. The van der Waals surface area contributed by atoms with Crippen LogP contribution < -0.4 is 14.5 Å². The van der Waals surface area contributed by atoms with Crippen LogP contribution in [-0.4, -0.2) is 79.7 Å². The van der Waals surface area contributed by atoms with E-state index in [9.17, 15) is 10.1 Å². The SMILES string of the molecule is C=CC(=O)N1CCN(c2c(C#N)c(OC[C@@H]3CCCN3C)nc3c2CCN(c2cccc4cccc(Cl)c24)C3)CC1. The molecule has 8 nitrogen and oxygen atoms in total. The molecule has 4 heterocycles. The van der Waals surface area contributed by atoms with Crippen molar-refractivity contribution in [1.82, 2.24) is 14.8 Å².